The number of carbonyl (C=O) groups excluding carboxylic acids is 1. The van der Waals surface area contributed by atoms with E-state index in [1.165, 1.54) is 11.1 Å². The molecule has 0 aliphatic heterocycles. The molecule has 3 heteroatoms. The molecule has 0 saturated carbocycles. The standard InChI is InChI=1S/C12H16N2O/c1-13-12(15)14-11-8-4-6-9-5-2-3-7-10(9)11/h2-3,5,7,11H,4,6,8H2,1H3,(H2,13,14,15)/t11-/m0/s1. The summed E-state index contributed by atoms with van der Waals surface area (Å²) < 4.78 is 0. The van der Waals surface area contributed by atoms with Crippen molar-refractivity contribution in [2.45, 2.75) is 25.3 Å². The molecule has 3 nitrogen and oxygen atoms in total. The molecule has 0 spiro atoms. The van der Waals surface area contributed by atoms with Crippen LogP contribution in [0.5, 0.6) is 0 Å². The first-order chi connectivity index (χ1) is 7.31. The predicted molar refractivity (Wildman–Crippen MR) is 59.7 cm³/mol. The van der Waals surface area contributed by atoms with Gasteiger partial charge in [0.2, 0.25) is 0 Å². The Morgan fingerprint density at radius 1 is 1.40 bits per heavy atom. The number of hydrogen-bond donors (Lipinski definition) is 2. The van der Waals surface area contributed by atoms with Crippen LogP contribution in [0.3, 0.4) is 0 Å². The summed E-state index contributed by atoms with van der Waals surface area (Å²) in [6.45, 7) is 0. The Morgan fingerprint density at radius 2 is 2.20 bits per heavy atom. The Hall–Kier alpha value is -1.51. The maximum absolute atomic E-state index is 11.3. The number of urea groups is 1. The molecule has 0 radical (unpaired) electrons. The summed E-state index contributed by atoms with van der Waals surface area (Å²) in [6.07, 6.45) is 3.30. The lowest BCUT2D eigenvalue weighted by molar-refractivity contribution is 0.237. The van der Waals surface area contributed by atoms with Gasteiger partial charge in [-0.3, -0.25) is 0 Å². The first-order valence-electron chi connectivity index (χ1n) is 5.37. The zero-order valence-corrected chi connectivity index (χ0v) is 8.92. The van der Waals surface area contributed by atoms with Crippen LogP contribution >= 0.6 is 0 Å². The molecule has 1 aromatic carbocycles. The summed E-state index contributed by atoms with van der Waals surface area (Å²) in [5.74, 6) is 0. The molecule has 0 saturated heterocycles. The smallest absolute Gasteiger partial charge is 0.315 e. The molecule has 0 aromatic heterocycles. The van der Waals surface area contributed by atoms with E-state index in [0.29, 0.717) is 0 Å². The lowest BCUT2D eigenvalue weighted by atomic mass is 9.88. The number of fused-ring (bicyclic) bond motifs is 1. The number of rotatable bonds is 1. The average molecular weight is 204 g/mol. The Morgan fingerprint density at radius 3 is 3.00 bits per heavy atom. The van der Waals surface area contributed by atoms with Gasteiger partial charge < -0.3 is 10.6 Å². The van der Waals surface area contributed by atoms with Crippen molar-refractivity contribution in [3.8, 4) is 0 Å². The van der Waals surface area contributed by atoms with E-state index >= 15 is 0 Å². The third kappa shape index (κ3) is 2.12. The number of hydrogen-bond acceptors (Lipinski definition) is 1. The highest BCUT2D eigenvalue weighted by Crippen LogP contribution is 2.29. The van der Waals surface area contributed by atoms with Gasteiger partial charge in [-0.2, -0.15) is 0 Å². The second-order valence-electron chi connectivity index (χ2n) is 3.87. The number of benzene rings is 1. The highest BCUT2D eigenvalue weighted by molar-refractivity contribution is 5.74. The second-order valence-corrected chi connectivity index (χ2v) is 3.87. The zero-order valence-electron chi connectivity index (χ0n) is 8.92. The molecule has 2 amide bonds. The maximum atomic E-state index is 11.3. The largest absolute Gasteiger partial charge is 0.341 e. The van der Waals surface area contributed by atoms with Crippen molar-refractivity contribution in [1.82, 2.24) is 10.6 Å². The number of nitrogens with one attached hydrogen (secondary N) is 2. The minimum atomic E-state index is -0.100. The lowest BCUT2D eigenvalue weighted by Gasteiger charge is -2.26. The van der Waals surface area contributed by atoms with Crippen LogP contribution in [0.1, 0.15) is 30.0 Å². The number of amides is 2. The maximum Gasteiger partial charge on any atom is 0.315 e. The van der Waals surface area contributed by atoms with Gasteiger partial charge in [0.15, 0.2) is 0 Å². The van der Waals surface area contributed by atoms with Crippen molar-refractivity contribution in [3.63, 3.8) is 0 Å². The molecule has 0 bridgehead atoms. The SMILES string of the molecule is CNC(=O)N[C@H]1CCCc2ccccc21. The van der Waals surface area contributed by atoms with Crippen LogP contribution in [-0.2, 0) is 6.42 Å². The lowest BCUT2D eigenvalue weighted by Crippen LogP contribution is -2.37. The fraction of sp³-hybridized carbons (Fsp3) is 0.417. The van der Waals surface area contributed by atoms with E-state index in [-0.39, 0.29) is 12.1 Å². The molecule has 0 unspecified atom stereocenters. The van der Waals surface area contributed by atoms with E-state index in [2.05, 4.69) is 28.8 Å². The molecule has 2 N–H and O–H groups in total. The van der Waals surface area contributed by atoms with Gasteiger partial charge in [0, 0.05) is 7.05 Å². The summed E-state index contributed by atoms with van der Waals surface area (Å²) in [5.41, 5.74) is 2.64. The monoisotopic (exact) mass is 204 g/mol. The van der Waals surface area contributed by atoms with E-state index in [4.69, 9.17) is 0 Å². The fourth-order valence-corrected chi connectivity index (χ4v) is 2.13. The Labute approximate surface area is 89.9 Å². The van der Waals surface area contributed by atoms with Crippen molar-refractivity contribution in [2.75, 3.05) is 7.05 Å². The van der Waals surface area contributed by atoms with E-state index in [9.17, 15) is 4.79 Å². The summed E-state index contributed by atoms with van der Waals surface area (Å²) in [7, 11) is 1.64. The molecule has 0 heterocycles. The molecule has 1 aliphatic carbocycles. The van der Waals surface area contributed by atoms with Gasteiger partial charge in [0.05, 0.1) is 6.04 Å². The molecule has 1 aromatic rings. The molecule has 1 aliphatic rings. The van der Waals surface area contributed by atoms with Crippen LogP contribution < -0.4 is 10.6 Å². The number of carbonyl (C=O) groups is 1. The molecule has 1 atom stereocenters. The zero-order chi connectivity index (χ0) is 10.7. The summed E-state index contributed by atoms with van der Waals surface area (Å²) in [4.78, 5) is 11.3. The van der Waals surface area contributed by atoms with Crippen LogP contribution in [-0.4, -0.2) is 13.1 Å². The summed E-state index contributed by atoms with van der Waals surface area (Å²) in [6, 6.07) is 8.41. The van der Waals surface area contributed by atoms with Crippen molar-refractivity contribution in [3.05, 3.63) is 35.4 Å². The molecular weight excluding hydrogens is 188 g/mol. The van der Waals surface area contributed by atoms with Gasteiger partial charge in [-0.25, -0.2) is 4.79 Å². The van der Waals surface area contributed by atoms with E-state index in [1.807, 2.05) is 6.07 Å². The molecule has 0 fully saturated rings. The normalized spacial score (nSPS) is 19.1. The topological polar surface area (TPSA) is 41.1 Å². The van der Waals surface area contributed by atoms with Crippen molar-refractivity contribution in [2.24, 2.45) is 0 Å². The fourth-order valence-electron chi connectivity index (χ4n) is 2.13. The first kappa shape index (κ1) is 10.0. The second kappa shape index (κ2) is 4.34. The van der Waals surface area contributed by atoms with E-state index < -0.39 is 0 Å². The number of aryl methyl sites for hydroxylation is 1. The van der Waals surface area contributed by atoms with Crippen LogP contribution in [0.25, 0.3) is 0 Å². The van der Waals surface area contributed by atoms with Gasteiger partial charge in [-0.05, 0) is 30.4 Å². The molecular formula is C12H16N2O. The van der Waals surface area contributed by atoms with Crippen LogP contribution in [0.2, 0.25) is 0 Å². The highest BCUT2D eigenvalue weighted by Gasteiger charge is 2.20. The Kier molecular flexibility index (Phi) is 2.90. The average Bonchev–Trinajstić information content (AvgIpc) is 2.29. The van der Waals surface area contributed by atoms with Crippen molar-refractivity contribution >= 4 is 6.03 Å². The van der Waals surface area contributed by atoms with Crippen molar-refractivity contribution < 1.29 is 4.79 Å². The van der Waals surface area contributed by atoms with E-state index in [0.717, 1.165) is 19.3 Å². The first-order valence-corrected chi connectivity index (χ1v) is 5.37. The Bertz CT molecular complexity index is 362. The minimum Gasteiger partial charge on any atom is -0.341 e. The summed E-state index contributed by atoms with van der Waals surface area (Å²) in [5, 5.41) is 5.57. The van der Waals surface area contributed by atoms with Crippen LogP contribution in [0.4, 0.5) is 4.79 Å². The van der Waals surface area contributed by atoms with Gasteiger partial charge in [0.1, 0.15) is 0 Å². The van der Waals surface area contributed by atoms with Gasteiger partial charge in [-0.15, -0.1) is 0 Å². The highest BCUT2D eigenvalue weighted by atomic mass is 16.2. The van der Waals surface area contributed by atoms with Gasteiger partial charge in [-0.1, -0.05) is 24.3 Å². The minimum absolute atomic E-state index is 0.100. The van der Waals surface area contributed by atoms with Gasteiger partial charge in [0.25, 0.3) is 0 Å². The summed E-state index contributed by atoms with van der Waals surface area (Å²) >= 11 is 0. The van der Waals surface area contributed by atoms with Crippen LogP contribution in [0, 0.1) is 0 Å². The molecule has 2 rings (SSSR count). The quantitative estimate of drug-likeness (QED) is 0.721. The van der Waals surface area contributed by atoms with Crippen molar-refractivity contribution in [1.29, 1.82) is 0 Å². The predicted octanol–water partition coefficient (Wildman–Crippen LogP) is 1.99. The van der Waals surface area contributed by atoms with E-state index in [1.54, 1.807) is 7.05 Å². The Balaban J connectivity index is 2.18. The van der Waals surface area contributed by atoms with Gasteiger partial charge >= 0.3 is 6.03 Å². The van der Waals surface area contributed by atoms with Crippen LogP contribution in [0.15, 0.2) is 24.3 Å². The molecule has 15 heavy (non-hydrogen) atoms. The third-order valence-corrected chi connectivity index (χ3v) is 2.90. The third-order valence-electron chi connectivity index (χ3n) is 2.90. The molecule has 80 valence electrons.